The Labute approximate surface area is 101 Å². The van der Waals surface area contributed by atoms with Crippen molar-refractivity contribution in [2.24, 2.45) is 0 Å². The largest absolute Gasteiger partial charge is 0.481 e. The van der Waals surface area contributed by atoms with Crippen LogP contribution < -0.4 is 10.1 Å². The maximum Gasteiger partial charge on any atom is 0.218 e. The molecule has 4 nitrogen and oxygen atoms in total. The molecule has 0 fully saturated rings. The second-order valence-corrected chi connectivity index (χ2v) is 4.44. The molecule has 1 unspecified atom stereocenters. The second-order valence-electron chi connectivity index (χ2n) is 3.69. The summed E-state index contributed by atoms with van der Waals surface area (Å²) in [5.74, 6) is 2.08. The molecular weight excluding hydrogens is 226 g/mol. The summed E-state index contributed by atoms with van der Waals surface area (Å²) >= 11 is 5.86. The van der Waals surface area contributed by atoms with Crippen molar-refractivity contribution in [1.29, 1.82) is 0 Å². The van der Waals surface area contributed by atoms with E-state index in [9.17, 15) is 0 Å². The first-order valence-corrected chi connectivity index (χ1v) is 5.83. The van der Waals surface area contributed by atoms with Gasteiger partial charge in [0, 0.05) is 18.0 Å². The molecule has 5 heteroatoms. The topological polar surface area (TPSA) is 47.0 Å². The smallest absolute Gasteiger partial charge is 0.218 e. The number of hydrogen-bond acceptors (Lipinski definition) is 4. The lowest BCUT2D eigenvalue weighted by atomic mass is 10.2. The Morgan fingerprint density at radius 1 is 1.50 bits per heavy atom. The van der Waals surface area contributed by atoms with Gasteiger partial charge in [-0.2, -0.15) is 4.98 Å². The molecular formula is C11H18ClN3O. The highest BCUT2D eigenvalue weighted by molar-refractivity contribution is 6.20. The van der Waals surface area contributed by atoms with Crippen LogP contribution in [0.1, 0.15) is 25.6 Å². The second kappa shape index (κ2) is 6.53. The highest BCUT2D eigenvalue weighted by Gasteiger charge is 2.01. The van der Waals surface area contributed by atoms with Crippen molar-refractivity contribution in [1.82, 2.24) is 9.97 Å². The number of anilines is 1. The van der Waals surface area contributed by atoms with Crippen molar-refractivity contribution < 1.29 is 4.74 Å². The molecule has 0 amide bonds. The number of nitrogens with one attached hydrogen (secondary N) is 1. The number of aryl methyl sites for hydroxylation is 1. The zero-order valence-corrected chi connectivity index (χ0v) is 10.7. The molecule has 0 bridgehead atoms. The van der Waals surface area contributed by atoms with Crippen LogP contribution in [0.4, 0.5) is 5.82 Å². The molecule has 0 spiro atoms. The van der Waals surface area contributed by atoms with Crippen LogP contribution in [-0.4, -0.2) is 29.0 Å². The molecule has 0 radical (unpaired) electrons. The summed E-state index contributed by atoms with van der Waals surface area (Å²) in [4.78, 5) is 8.38. The number of ether oxygens (including phenoxy) is 1. The van der Waals surface area contributed by atoms with E-state index in [1.807, 2.05) is 13.8 Å². The average molecular weight is 244 g/mol. The van der Waals surface area contributed by atoms with E-state index in [0.29, 0.717) is 11.7 Å². The van der Waals surface area contributed by atoms with Gasteiger partial charge in [0.2, 0.25) is 5.88 Å². The summed E-state index contributed by atoms with van der Waals surface area (Å²) in [6, 6.07) is 1.79. The highest BCUT2D eigenvalue weighted by Crippen LogP contribution is 2.13. The molecule has 0 saturated carbocycles. The van der Waals surface area contributed by atoms with E-state index in [-0.39, 0.29) is 5.38 Å². The molecule has 1 rings (SSSR count). The highest BCUT2D eigenvalue weighted by atomic mass is 35.5. The van der Waals surface area contributed by atoms with Crippen molar-refractivity contribution in [3.05, 3.63) is 11.9 Å². The van der Waals surface area contributed by atoms with Gasteiger partial charge in [-0.3, -0.25) is 0 Å². The zero-order chi connectivity index (χ0) is 12.0. The number of alkyl halides is 1. The number of aromatic nitrogens is 2. The van der Waals surface area contributed by atoms with Crippen LogP contribution >= 0.6 is 11.6 Å². The normalized spacial score (nSPS) is 12.2. The molecule has 0 saturated heterocycles. The molecule has 1 atom stereocenters. The van der Waals surface area contributed by atoms with Gasteiger partial charge in [-0.1, -0.05) is 0 Å². The van der Waals surface area contributed by atoms with Crippen molar-refractivity contribution in [3.8, 4) is 5.88 Å². The first-order chi connectivity index (χ1) is 7.61. The first kappa shape index (κ1) is 13.0. The Bertz CT molecular complexity index is 331. The molecule has 0 aliphatic heterocycles. The monoisotopic (exact) mass is 243 g/mol. The van der Waals surface area contributed by atoms with Crippen LogP contribution in [0.15, 0.2) is 6.07 Å². The average Bonchev–Trinajstić information content (AvgIpc) is 2.23. The minimum absolute atomic E-state index is 0.225. The fourth-order valence-corrected chi connectivity index (χ4v) is 1.49. The lowest BCUT2D eigenvalue weighted by Gasteiger charge is -2.08. The molecule has 0 aliphatic carbocycles. The zero-order valence-electron chi connectivity index (χ0n) is 9.96. The molecule has 0 aliphatic rings. The van der Waals surface area contributed by atoms with E-state index < -0.39 is 0 Å². The Kier molecular flexibility index (Phi) is 5.32. The van der Waals surface area contributed by atoms with Crippen molar-refractivity contribution >= 4 is 17.4 Å². The van der Waals surface area contributed by atoms with E-state index in [2.05, 4.69) is 15.3 Å². The molecule has 1 aromatic rings. The van der Waals surface area contributed by atoms with Crippen molar-refractivity contribution in [2.75, 3.05) is 19.0 Å². The van der Waals surface area contributed by atoms with Gasteiger partial charge in [0.1, 0.15) is 11.6 Å². The third-order valence-electron chi connectivity index (χ3n) is 2.11. The number of rotatable bonds is 6. The van der Waals surface area contributed by atoms with Gasteiger partial charge in [-0.05, 0) is 26.7 Å². The van der Waals surface area contributed by atoms with E-state index in [4.69, 9.17) is 16.3 Å². The summed E-state index contributed by atoms with van der Waals surface area (Å²) < 4.78 is 5.07. The fraction of sp³-hybridized carbons (Fsp3) is 0.636. The maximum atomic E-state index is 5.86. The number of methoxy groups -OCH3 is 1. The van der Waals surface area contributed by atoms with Crippen LogP contribution in [0, 0.1) is 6.92 Å². The summed E-state index contributed by atoms with van der Waals surface area (Å²) in [6.07, 6.45) is 2.02. The molecule has 0 aromatic carbocycles. The SMILES string of the molecule is COc1cc(NCCCC(C)Cl)nc(C)n1. The molecule has 1 N–H and O–H groups in total. The Morgan fingerprint density at radius 3 is 2.88 bits per heavy atom. The van der Waals surface area contributed by atoms with Gasteiger partial charge < -0.3 is 10.1 Å². The summed E-state index contributed by atoms with van der Waals surface area (Å²) in [5.41, 5.74) is 0. The lowest BCUT2D eigenvalue weighted by Crippen LogP contribution is -2.07. The van der Waals surface area contributed by atoms with E-state index in [1.54, 1.807) is 13.2 Å². The summed E-state index contributed by atoms with van der Waals surface area (Å²) in [6.45, 7) is 4.70. The Balaban J connectivity index is 2.44. The predicted molar refractivity (Wildman–Crippen MR) is 66.4 cm³/mol. The molecule has 1 heterocycles. The number of nitrogens with zero attached hydrogens (tertiary/aromatic N) is 2. The van der Waals surface area contributed by atoms with E-state index in [0.717, 1.165) is 25.2 Å². The lowest BCUT2D eigenvalue weighted by molar-refractivity contribution is 0.396. The van der Waals surface area contributed by atoms with Crippen LogP contribution in [0.3, 0.4) is 0 Å². The number of halogens is 1. The minimum atomic E-state index is 0.225. The van der Waals surface area contributed by atoms with E-state index in [1.165, 1.54) is 0 Å². The quantitative estimate of drug-likeness (QED) is 0.616. The van der Waals surface area contributed by atoms with Gasteiger partial charge >= 0.3 is 0 Å². The Hall–Kier alpha value is -1.03. The summed E-state index contributed by atoms with van der Waals surface area (Å²) in [7, 11) is 1.60. The van der Waals surface area contributed by atoms with Crippen molar-refractivity contribution in [2.45, 2.75) is 32.1 Å². The van der Waals surface area contributed by atoms with Crippen LogP contribution in [0.25, 0.3) is 0 Å². The van der Waals surface area contributed by atoms with Gasteiger partial charge in [0.05, 0.1) is 7.11 Å². The molecule has 1 aromatic heterocycles. The molecule has 90 valence electrons. The maximum absolute atomic E-state index is 5.86. The van der Waals surface area contributed by atoms with Gasteiger partial charge in [0.15, 0.2) is 0 Å². The van der Waals surface area contributed by atoms with Crippen LogP contribution in [0.5, 0.6) is 5.88 Å². The third kappa shape index (κ3) is 4.66. The predicted octanol–water partition coefficient (Wildman–Crippen LogP) is 2.61. The van der Waals surface area contributed by atoms with Crippen LogP contribution in [-0.2, 0) is 0 Å². The Morgan fingerprint density at radius 2 is 2.25 bits per heavy atom. The standard InChI is InChI=1S/C11H18ClN3O/c1-8(12)5-4-6-13-10-7-11(16-3)15-9(2)14-10/h7-8H,4-6H2,1-3H3,(H,13,14,15). The third-order valence-corrected chi connectivity index (χ3v) is 2.33. The minimum Gasteiger partial charge on any atom is -0.481 e. The van der Waals surface area contributed by atoms with Gasteiger partial charge in [-0.25, -0.2) is 4.98 Å². The fourth-order valence-electron chi connectivity index (χ4n) is 1.34. The van der Waals surface area contributed by atoms with Crippen molar-refractivity contribution in [3.63, 3.8) is 0 Å². The van der Waals surface area contributed by atoms with Crippen LogP contribution in [0.2, 0.25) is 0 Å². The summed E-state index contributed by atoms with van der Waals surface area (Å²) in [5, 5.41) is 3.45. The van der Waals surface area contributed by atoms with Gasteiger partial charge in [0.25, 0.3) is 0 Å². The first-order valence-electron chi connectivity index (χ1n) is 5.39. The van der Waals surface area contributed by atoms with E-state index >= 15 is 0 Å². The van der Waals surface area contributed by atoms with Gasteiger partial charge in [-0.15, -0.1) is 11.6 Å². The molecule has 16 heavy (non-hydrogen) atoms. The number of hydrogen-bond donors (Lipinski definition) is 1.